The third-order valence-electron chi connectivity index (χ3n) is 4.72. The molecule has 2 aromatic heterocycles. The fourth-order valence-electron chi connectivity index (χ4n) is 3.33. The number of aliphatic imine (C=N–C) groups is 1. The van der Waals surface area contributed by atoms with E-state index in [-0.39, 0.29) is 0 Å². The lowest BCUT2D eigenvalue weighted by molar-refractivity contribution is 0.313. The number of fused-ring (bicyclic) bond motifs is 3. The summed E-state index contributed by atoms with van der Waals surface area (Å²) in [6.07, 6.45) is 4.03. The van der Waals surface area contributed by atoms with E-state index in [1.165, 1.54) is 22.3 Å². The van der Waals surface area contributed by atoms with Gasteiger partial charge in [0.15, 0.2) is 0 Å². The minimum Gasteiger partial charge on any atom is -0.368 e. The molecule has 0 unspecified atom stereocenters. The molecule has 0 saturated carbocycles. The van der Waals surface area contributed by atoms with Gasteiger partial charge in [-0.25, -0.2) is 4.98 Å². The molecular weight excluding hydrogens is 262 g/mol. The lowest BCUT2D eigenvalue weighted by atomic mass is 10.1. The molecule has 5 nitrogen and oxygen atoms in total. The molecule has 2 aliphatic heterocycles. The summed E-state index contributed by atoms with van der Waals surface area (Å²) in [6.45, 7) is 8.39. The van der Waals surface area contributed by atoms with Crippen molar-refractivity contribution in [2.45, 2.75) is 13.5 Å². The van der Waals surface area contributed by atoms with Gasteiger partial charge in [0.1, 0.15) is 5.65 Å². The Morgan fingerprint density at radius 2 is 1.90 bits per heavy atom. The Hall–Kier alpha value is -1.88. The predicted octanol–water partition coefficient (Wildman–Crippen LogP) is 1.53. The quantitative estimate of drug-likeness (QED) is 0.796. The van der Waals surface area contributed by atoms with E-state index in [1.807, 2.05) is 12.4 Å². The highest BCUT2D eigenvalue weighted by Crippen LogP contribution is 2.28. The molecule has 4 rings (SSSR count). The molecule has 21 heavy (non-hydrogen) atoms. The molecule has 110 valence electrons. The van der Waals surface area contributed by atoms with Gasteiger partial charge in [0.25, 0.3) is 0 Å². The van der Waals surface area contributed by atoms with Crippen molar-refractivity contribution in [3.05, 3.63) is 23.5 Å². The largest absolute Gasteiger partial charge is 0.368 e. The topological polar surface area (TPSA) is 36.7 Å². The van der Waals surface area contributed by atoms with Gasteiger partial charge in [-0.3, -0.25) is 4.99 Å². The van der Waals surface area contributed by atoms with Crippen LogP contribution in [0.4, 0.5) is 5.69 Å². The summed E-state index contributed by atoms with van der Waals surface area (Å²) >= 11 is 0. The number of aromatic nitrogens is 2. The molecule has 0 N–H and O–H groups in total. The number of pyridine rings is 1. The second kappa shape index (κ2) is 4.84. The van der Waals surface area contributed by atoms with E-state index in [9.17, 15) is 0 Å². The van der Waals surface area contributed by atoms with Gasteiger partial charge < -0.3 is 14.4 Å². The molecule has 1 fully saturated rings. The number of aryl methyl sites for hydroxylation is 1. The summed E-state index contributed by atoms with van der Waals surface area (Å²) in [7, 11) is 2.18. The monoisotopic (exact) mass is 283 g/mol. The van der Waals surface area contributed by atoms with Crippen LogP contribution in [0.1, 0.15) is 11.3 Å². The van der Waals surface area contributed by atoms with Crippen molar-refractivity contribution in [3.63, 3.8) is 0 Å². The molecule has 4 heterocycles. The first-order chi connectivity index (χ1) is 10.2. The lowest BCUT2D eigenvalue weighted by Gasteiger charge is -2.33. The van der Waals surface area contributed by atoms with Crippen LogP contribution >= 0.6 is 0 Å². The van der Waals surface area contributed by atoms with Crippen molar-refractivity contribution >= 4 is 22.9 Å². The maximum Gasteiger partial charge on any atom is 0.140 e. The number of hydrogen-bond donors (Lipinski definition) is 0. The van der Waals surface area contributed by atoms with Gasteiger partial charge in [0.2, 0.25) is 0 Å². The molecule has 0 bridgehead atoms. The Bertz CT molecular complexity index is 707. The molecule has 5 heteroatoms. The molecule has 1 saturated heterocycles. The highest BCUT2D eigenvalue weighted by molar-refractivity contribution is 5.94. The maximum absolute atomic E-state index is 4.76. The first-order valence-corrected chi connectivity index (χ1v) is 7.66. The number of nitrogens with zero attached hydrogens (tertiary/aromatic N) is 5. The Morgan fingerprint density at radius 3 is 2.71 bits per heavy atom. The Labute approximate surface area is 124 Å². The van der Waals surface area contributed by atoms with Gasteiger partial charge in [-0.1, -0.05) is 0 Å². The molecule has 0 amide bonds. The minimum atomic E-state index is 0.859. The van der Waals surface area contributed by atoms with E-state index < -0.39 is 0 Å². The number of rotatable bonds is 1. The zero-order valence-corrected chi connectivity index (χ0v) is 12.7. The van der Waals surface area contributed by atoms with Crippen LogP contribution in [-0.2, 0) is 6.54 Å². The first kappa shape index (κ1) is 12.8. The van der Waals surface area contributed by atoms with E-state index in [1.54, 1.807) is 0 Å². The summed E-state index contributed by atoms with van der Waals surface area (Å²) in [6, 6.07) is 2.31. The zero-order valence-electron chi connectivity index (χ0n) is 12.7. The van der Waals surface area contributed by atoms with Crippen LogP contribution in [0.3, 0.4) is 0 Å². The van der Waals surface area contributed by atoms with Crippen LogP contribution in [0, 0.1) is 6.92 Å². The summed E-state index contributed by atoms with van der Waals surface area (Å²) in [4.78, 5) is 14.0. The van der Waals surface area contributed by atoms with Gasteiger partial charge in [0.05, 0.1) is 24.1 Å². The molecule has 0 atom stereocenters. The second-order valence-electron chi connectivity index (χ2n) is 6.05. The molecule has 2 aromatic rings. The van der Waals surface area contributed by atoms with E-state index in [0.717, 1.165) is 44.9 Å². The standard InChI is InChI=1S/C16H21N5/c1-12-14-9-13(20-7-5-19(2)6-8-20)10-18-16(14)21-4-3-17-11-15(12)21/h9-11H,3-8H2,1-2H3. The number of piperazine rings is 1. The average molecular weight is 283 g/mol. The molecular formula is C16H21N5. The fourth-order valence-corrected chi connectivity index (χ4v) is 3.33. The van der Waals surface area contributed by atoms with Gasteiger partial charge in [0, 0.05) is 44.3 Å². The van der Waals surface area contributed by atoms with Crippen molar-refractivity contribution < 1.29 is 0 Å². The van der Waals surface area contributed by atoms with Crippen LogP contribution in [0.2, 0.25) is 0 Å². The van der Waals surface area contributed by atoms with Gasteiger partial charge in [-0.05, 0) is 25.6 Å². The minimum absolute atomic E-state index is 0.859. The SMILES string of the molecule is Cc1c2n(c3ncc(N4CCN(C)CC4)cc13)CCN=C2. The summed E-state index contributed by atoms with van der Waals surface area (Å²) in [5.74, 6) is 0. The van der Waals surface area contributed by atoms with E-state index >= 15 is 0 Å². The van der Waals surface area contributed by atoms with Crippen LogP contribution < -0.4 is 4.90 Å². The van der Waals surface area contributed by atoms with Crippen molar-refractivity contribution in [2.24, 2.45) is 4.99 Å². The number of likely N-dealkylation sites (N-methyl/N-ethyl adjacent to an activating group) is 1. The fraction of sp³-hybridized carbons (Fsp3) is 0.500. The molecule has 0 spiro atoms. The van der Waals surface area contributed by atoms with Crippen molar-refractivity contribution in [1.29, 1.82) is 0 Å². The lowest BCUT2D eigenvalue weighted by Crippen LogP contribution is -2.44. The molecule has 0 radical (unpaired) electrons. The smallest absolute Gasteiger partial charge is 0.140 e. The normalized spacial score (nSPS) is 19.2. The van der Waals surface area contributed by atoms with Gasteiger partial charge in [-0.15, -0.1) is 0 Å². The summed E-state index contributed by atoms with van der Waals surface area (Å²) in [5, 5.41) is 1.27. The Balaban J connectivity index is 1.77. The van der Waals surface area contributed by atoms with E-state index in [2.05, 4.69) is 39.4 Å². The average Bonchev–Trinajstić information content (AvgIpc) is 2.81. The number of hydrogen-bond acceptors (Lipinski definition) is 4. The predicted molar refractivity (Wildman–Crippen MR) is 86.6 cm³/mol. The van der Waals surface area contributed by atoms with Crippen molar-refractivity contribution in [3.8, 4) is 0 Å². The maximum atomic E-state index is 4.76. The molecule has 2 aliphatic rings. The summed E-state index contributed by atoms with van der Waals surface area (Å²) in [5.41, 5.74) is 4.88. The molecule has 0 aliphatic carbocycles. The van der Waals surface area contributed by atoms with Crippen LogP contribution in [-0.4, -0.2) is 60.4 Å². The Morgan fingerprint density at radius 1 is 1.10 bits per heavy atom. The third kappa shape index (κ3) is 2.03. The van der Waals surface area contributed by atoms with Crippen LogP contribution in [0.25, 0.3) is 11.0 Å². The van der Waals surface area contributed by atoms with E-state index in [4.69, 9.17) is 4.98 Å². The van der Waals surface area contributed by atoms with Crippen molar-refractivity contribution in [2.75, 3.05) is 44.7 Å². The third-order valence-corrected chi connectivity index (χ3v) is 4.72. The van der Waals surface area contributed by atoms with Crippen molar-refractivity contribution in [1.82, 2.24) is 14.5 Å². The highest BCUT2D eigenvalue weighted by Gasteiger charge is 2.19. The Kier molecular flexibility index (Phi) is 2.96. The molecule has 0 aromatic carbocycles. The highest BCUT2D eigenvalue weighted by atomic mass is 15.2. The van der Waals surface area contributed by atoms with Gasteiger partial charge in [-0.2, -0.15) is 0 Å². The number of anilines is 1. The van der Waals surface area contributed by atoms with Crippen LogP contribution in [0.15, 0.2) is 17.3 Å². The zero-order chi connectivity index (χ0) is 14.4. The second-order valence-corrected chi connectivity index (χ2v) is 6.05. The van der Waals surface area contributed by atoms with Crippen LogP contribution in [0.5, 0.6) is 0 Å². The van der Waals surface area contributed by atoms with Gasteiger partial charge >= 0.3 is 0 Å². The van der Waals surface area contributed by atoms with E-state index in [0.29, 0.717) is 0 Å². The summed E-state index contributed by atoms with van der Waals surface area (Å²) < 4.78 is 2.30. The first-order valence-electron chi connectivity index (χ1n) is 7.66.